The van der Waals surface area contributed by atoms with E-state index in [1.807, 2.05) is 36.4 Å². The van der Waals surface area contributed by atoms with Crippen LogP contribution in [0, 0.1) is 0 Å². The van der Waals surface area contributed by atoms with Crippen molar-refractivity contribution in [1.29, 1.82) is 0 Å². The third kappa shape index (κ3) is 3.24. The average molecular weight is 174 g/mol. The molecule has 0 fully saturated rings. The summed E-state index contributed by atoms with van der Waals surface area (Å²) in [5.74, 6) is 0. The molecule has 0 N–H and O–H groups in total. The lowest BCUT2D eigenvalue weighted by Crippen LogP contribution is -1.83. The largest absolute Gasteiger partial charge is 0.298 e. The van der Waals surface area contributed by atoms with E-state index in [0.717, 1.165) is 30.3 Å². The van der Waals surface area contributed by atoms with E-state index in [0.29, 0.717) is 0 Å². The smallest absolute Gasteiger partial charge is 0.146 e. The van der Waals surface area contributed by atoms with E-state index >= 15 is 0 Å². The van der Waals surface area contributed by atoms with Crippen molar-refractivity contribution < 1.29 is 4.79 Å². The van der Waals surface area contributed by atoms with Crippen LogP contribution in [0.5, 0.6) is 0 Å². The minimum absolute atomic E-state index is 0.860. The van der Waals surface area contributed by atoms with Gasteiger partial charge in [-0.3, -0.25) is 4.79 Å². The van der Waals surface area contributed by atoms with Gasteiger partial charge in [-0.05, 0) is 23.6 Å². The molecule has 1 nitrogen and oxygen atoms in total. The quantitative estimate of drug-likeness (QED) is 0.506. The van der Waals surface area contributed by atoms with Gasteiger partial charge in [0, 0.05) is 0 Å². The lowest BCUT2D eigenvalue weighted by Gasteiger charge is -1.96. The second kappa shape index (κ2) is 5.31. The molecule has 0 saturated heterocycles. The summed E-state index contributed by atoms with van der Waals surface area (Å²) < 4.78 is 0. The molecule has 0 atom stereocenters. The summed E-state index contributed by atoms with van der Waals surface area (Å²) in [6.45, 7) is 2.07. The van der Waals surface area contributed by atoms with Crippen LogP contribution in [0.25, 0.3) is 6.08 Å². The average Bonchev–Trinajstić information content (AvgIpc) is 2.19. The summed E-state index contributed by atoms with van der Waals surface area (Å²) in [4.78, 5) is 10.6. The predicted octanol–water partition coefficient (Wildman–Crippen LogP) is 3.07. The molecule has 1 rings (SSSR count). The molecule has 1 aromatic rings. The highest BCUT2D eigenvalue weighted by molar-refractivity contribution is 5.81. The highest BCUT2D eigenvalue weighted by Gasteiger charge is 1.93. The van der Waals surface area contributed by atoms with Crippen molar-refractivity contribution >= 4 is 12.4 Å². The SMILES string of the molecule is CCC/C(C=O)=C\c1ccccc1. The van der Waals surface area contributed by atoms with Crippen molar-refractivity contribution in [2.45, 2.75) is 19.8 Å². The molecule has 0 saturated carbocycles. The van der Waals surface area contributed by atoms with E-state index in [4.69, 9.17) is 0 Å². The maximum absolute atomic E-state index is 10.6. The molecule has 0 aliphatic carbocycles. The minimum Gasteiger partial charge on any atom is -0.298 e. The molecule has 0 radical (unpaired) electrons. The summed E-state index contributed by atoms with van der Waals surface area (Å²) in [5, 5.41) is 0. The zero-order valence-corrected chi connectivity index (χ0v) is 7.86. The van der Waals surface area contributed by atoms with Crippen molar-refractivity contribution in [1.82, 2.24) is 0 Å². The molecule has 0 aliphatic heterocycles. The lowest BCUT2D eigenvalue weighted by molar-refractivity contribution is -0.105. The number of rotatable bonds is 4. The minimum atomic E-state index is 0.860. The third-order valence-electron chi connectivity index (χ3n) is 1.84. The molecule has 0 bridgehead atoms. The van der Waals surface area contributed by atoms with Gasteiger partial charge >= 0.3 is 0 Å². The second-order valence-electron chi connectivity index (χ2n) is 3.00. The Balaban J connectivity index is 2.79. The Hall–Kier alpha value is -1.37. The van der Waals surface area contributed by atoms with E-state index in [2.05, 4.69) is 6.92 Å². The van der Waals surface area contributed by atoms with E-state index < -0.39 is 0 Å². The monoisotopic (exact) mass is 174 g/mol. The van der Waals surface area contributed by atoms with E-state index in [1.165, 1.54) is 0 Å². The van der Waals surface area contributed by atoms with Gasteiger partial charge in [0.25, 0.3) is 0 Å². The summed E-state index contributed by atoms with van der Waals surface area (Å²) >= 11 is 0. The third-order valence-corrected chi connectivity index (χ3v) is 1.84. The summed E-state index contributed by atoms with van der Waals surface area (Å²) in [6, 6.07) is 9.91. The highest BCUT2D eigenvalue weighted by atomic mass is 16.1. The van der Waals surface area contributed by atoms with Crippen LogP contribution >= 0.6 is 0 Å². The Morgan fingerprint density at radius 2 is 2.00 bits per heavy atom. The number of benzene rings is 1. The fourth-order valence-corrected chi connectivity index (χ4v) is 1.22. The summed E-state index contributed by atoms with van der Waals surface area (Å²) in [6.07, 6.45) is 4.75. The lowest BCUT2D eigenvalue weighted by atomic mass is 10.1. The Kier molecular flexibility index (Phi) is 3.97. The van der Waals surface area contributed by atoms with E-state index in [9.17, 15) is 4.79 Å². The van der Waals surface area contributed by atoms with Crippen molar-refractivity contribution in [3.05, 3.63) is 41.5 Å². The predicted molar refractivity (Wildman–Crippen MR) is 55.4 cm³/mol. The van der Waals surface area contributed by atoms with Gasteiger partial charge in [0.05, 0.1) is 0 Å². The summed E-state index contributed by atoms with van der Waals surface area (Å²) in [7, 11) is 0. The molecule has 68 valence electrons. The maximum atomic E-state index is 10.6. The topological polar surface area (TPSA) is 17.1 Å². The fourth-order valence-electron chi connectivity index (χ4n) is 1.22. The first-order valence-corrected chi connectivity index (χ1v) is 4.57. The number of allylic oxidation sites excluding steroid dienone is 1. The molecule has 0 unspecified atom stereocenters. The molecule has 1 heteroatoms. The van der Waals surface area contributed by atoms with Gasteiger partial charge in [-0.2, -0.15) is 0 Å². The van der Waals surface area contributed by atoms with Gasteiger partial charge in [-0.25, -0.2) is 0 Å². The van der Waals surface area contributed by atoms with Crippen LogP contribution < -0.4 is 0 Å². The standard InChI is InChI=1S/C12H14O/c1-2-6-12(10-13)9-11-7-4-3-5-8-11/h3-5,7-10H,2,6H2,1H3/b12-9+. The molecule has 0 amide bonds. The highest BCUT2D eigenvalue weighted by Crippen LogP contribution is 2.08. The van der Waals surface area contributed by atoms with Crippen LogP contribution in [0.3, 0.4) is 0 Å². The Labute approximate surface area is 79.1 Å². The zero-order chi connectivity index (χ0) is 9.52. The van der Waals surface area contributed by atoms with Crippen LogP contribution in [0.2, 0.25) is 0 Å². The van der Waals surface area contributed by atoms with Crippen molar-refractivity contribution in [2.75, 3.05) is 0 Å². The van der Waals surface area contributed by atoms with Crippen molar-refractivity contribution in [2.24, 2.45) is 0 Å². The van der Waals surface area contributed by atoms with Crippen LogP contribution in [0.4, 0.5) is 0 Å². The summed E-state index contributed by atoms with van der Waals surface area (Å²) in [5.41, 5.74) is 1.96. The molecule has 0 aromatic heterocycles. The number of hydrogen-bond donors (Lipinski definition) is 0. The van der Waals surface area contributed by atoms with Gasteiger partial charge < -0.3 is 0 Å². The molecular weight excluding hydrogens is 160 g/mol. The zero-order valence-electron chi connectivity index (χ0n) is 7.86. The molecular formula is C12H14O. The first kappa shape index (κ1) is 9.72. The molecule has 1 aromatic carbocycles. The Bertz CT molecular complexity index is 285. The van der Waals surface area contributed by atoms with Crippen molar-refractivity contribution in [3.63, 3.8) is 0 Å². The van der Waals surface area contributed by atoms with E-state index in [1.54, 1.807) is 0 Å². The van der Waals surface area contributed by atoms with Crippen molar-refractivity contribution in [3.8, 4) is 0 Å². The van der Waals surface area contributed by atoms with Crippen LogP contribution in [-0.2, 0) is 4.79 Å². The number of aldehydes is 1. The Morgan fingerprint density at radius 3 is 2.54 bits per heavy atom. The normalized spacial score (nSPS) is 11.3. The maximum Gasteiger partial charge on any atom is 0.146 e. The van der Waals surface area contributed by atoms with Gasteiger partial charge in [0.15, 0.2) is 0 Å². The van der Waals surface area contributed by atoms with Crippen LogP contribution in [0.1, 0.15) is 25.3 Å². The fraction of sp³-hybridized carbons (Fsp3) is 0.250. The molecule has 13 heavy (non-hydrogen) atoms. The van der Waals surface area contributed by atoms with Gasteiger partial charge in [-0.15, -0.1) is 0 Å². The number of hydrogen-bond acceptors (Lipinski definition) is 1. The van der Waals surface area contributed by atoms with Crippen LogP contribution in [-0.4, -0.2) is 6.29 Å². The first-order valence-electron chi connectivity index (χ1n) is 4.57. The van der Waals surface area contributed by atoms with Gasteiger partial charge in [-0.1, -0.05) is 43.7 Å². The van der Waals surface area contributed by atoms with Gasteiger partial charge in [0.1, 0.15) is 6.29 Å². The van der Waals surface area contributed by atoms with E-state index in [-0.39, 0.29) is 0 Å². The molecule has 0 heterocycles. The first-order chi connectivity index (χ1) is 6.36. The molecule has 0 spiro atoms. The second-order valence-corrected chi connectivity index (χ2v) is 3.00. The number of carbonyl (C=O) groups is 1. The Morgan fingerprint density at radius 1 is 1.31 bits per heavy atom. The molecule has 0 aliphatic rings. The number of carbonyl (C=O) groups excluding carboxylic acids is 1. The van der Waals surface area contributed by atoms with Gasteiger partial charge in [0.2, 0.25) is 0 Å². The van der Waals surface area contributed by atoms with Crippen LogP contribution in [0.15, 0.2) is 35.9 Å².